The molecule has 0 heterocycles. The van der Waals surface area contributed by atoms with E-state index >= 15 is 0 Å². The van der Waals surface area contributed by atoms with Gasteiger partial charge in [0.05, 0.1) is 0 Å². The summed E-state index contributed by atoms with van der Waals surface area (Å²) in [4.78, 5) is 10.8. The first kappa shape index (κ1) is 10.4. The Morgan fingerprint density at radius 2 is 2.07 bits per heavy atom. The van der Waals surface area contributed by atoms with Crippen LogP contribution in [0.4, 0.5) is 4.39 Å². The third-order valence-corrected chi connectivity index (χ3v) is 1.75. The van der Waals surface area contributed by atoms with E-state index in [2.05, 4.69) is 11.3 Å². The van der Waals surface area contributed by atoms with E-state index in [0.717, 1.165) is 6.08 Å². The van der Waals surface area contributed by atoms with Gasteiger partial charge in [-0.1, -0.05) is 36.9 Å². The summed E-state index contributed by atoms with van der Waals surface area (Å²) in [6, 6.07) is 8.21. The number of carbonyl (C=O) groups excluding carboxylic acids is 1. The summed E-state index contributed by atoms with van der Waals surface area (Å²) in [5.74, 6) is -2.88. The van der Waals surface area contributed by atoms with E-state index in [9.17, 15) is 9.18 Å². The summed E-state index contributed by atoms with van der Waals surface area (Å²) in [6.45, 7) is 4.38. The largest absolute Gasteiger partial charge is 0.421 e. The lowest BCUT2D eigenvalue weighted by Gasteiger charge is -2.20. The van der Waals surface area contributed by atoms with Gasteiger partial charge in [0.1, 0.15) is 0 Å². The number of benzene rings is 1. The number of esters is 1. The van der Waals surface area contributed by atoms with Crippen molar-refractivity contribution in [3.8, 4) is 0 Å². The zero-order valence-corrected chi connectivity index (χ0v) is 7.87. The average Bonchev–Trinajstić information content (AvgIpc) is 2.18. The second kappa shape index (κ2) is 4.05. The van der Waals surface area contributed by atoms with Crippen molar-refractivity contribution in [3.05, 3.63) is 48.6 Å². The highest BCUT2D eigenvalue weighted by molar-refractivity contribution is 5.81. The molecule has 0 radical (unpaired) electrons. The summed E-state index contributed by atoms with van der Waals surface area (Å²) < 4.78 is 18.3. The Labute approximate surface area is 82.0 Å². The van der Waals surface area contributed by atoms with Crippen LogP contribution < -0.4 is 0 Å². The van der Waals surface area contributed by atoms with Gasteiger partial charge in [-0.3, -0.25) is 0 Å². The van der Waals surface area contributed by atoms with Gasteiger partial charge in [0, 0.05) is 18.6 Å². The number of alkyl halides is 1. The Hall–Kier alpha value is -1.64. The molecule has 1 rings (SSSR count). The fraction of sp³-hybridized carbons (Fsp3) is 0.182. The van der Waals surface area contributed by atoms with Crippen molar-refractivity contribution in [2.24, 2.45) is 0 Å². The number of hydrogen-bond donors (Lipinski definition) is 0. The summed E-state index contributed by atoms with van der Waals surface area (Å²) >= 11 is 0. The van der Waals surface area contributed by atoms with E-state index in [0.29, 0.717) is 5.56 Å². The predicted molar refractivity (Wildman–Crippen MR) is 51.2 cm³/mol. The lowest BCUT2D eigenvalue weighted by atomic mass is 10.1. The molecule has 14 heavy (non-hydrogen) atoms. The summed E-state index contributed by atoms with van der Waals surface area (Å²) in [5, 5.41) is 0. The van der Waals surface area contributed by atoms with Crippen LogP contribution in [-0.2, 0) is 15.4 Å². The summed E-state index contributed by atoms with van der Waals surface area (Å²) in [5.41, 5.74) is 0.301. The van der Waals surface area contributed by atoms with Crippen LogP contribution in [0.5, 0.6) is 0 Å². The first-order chi connectivity index (χ1) is 6.56. The van der Waals surface area contributed by atoms with Crippen molar-refractivity contribution in [2.45, 2.75) is 12.8 Å². The molecule has 0 aromatic heterocycles. The molecular weight excluding hydrogens is 183 g/mol. The number of hydrogen-bond acceptors (Lipinski definition) is 2. The number of rotatable bonds is 3. The molecule has 0 aliphatic carbocycles. The quantitative estimate of drug-likeness (QED) is 0.546. The first-order valence-electron chi connectivity index (χ1n) is 4.16. The van der Waals surface area contributed by atoms with Gasteiger partial charge in [-0.25, -0.2) is 4.79 Å². The van der Waals surface area contributed by atoms with Crippen molar-refractivity contribution >= 4 is 5.97 Å². The molecule has 0 saturated carbocycles. The minimum atomic E-state index is -2.10. The van der Waals surface area contributed by atoms with Gasteiger partial charge in [0.2, 0.25) is 0 Å². The molecule has 0 amide bonds. The molecule has 1 aromatic carbocycles. The van der Waals surface area contributed by atoms with Crippen LogP contribution in [0.1, 0.15) is 12.5 Å². The van der Waals surface area contributed by atoms with Crippen LogP contribution in [0.25, 0.3) is 0 Å². The maximum atomic E-state index is 13.8. The van der Waals surface area contributed by atoms with E-state index in [1.807, 2.05) is 0 Å². The molecule has 1 atom stereocenters. The van der Waals surface area contributed by atoms with Gasteiger partial charge in [-0.2, -0.15) is 4.39 Å². The van der Waals surface area contributed by atoms with Crippen LogP contribution in [0.2, 0.25) is 0 Å². The van der Waals surface area contributed by atoms with Crippen molar-refractivity contribution in [1.29, 1.82) is 0 Å². The Kier molecular flexibility index (Phi) is 3.02. The zero-order valence-electron chi connectivity index (χ0n) is 7.87. The van der Waals surface area contributed by atoms with Gasteiger partial charge in [-0.15, -0.1) is 0 Å². The zero-order chi connectivity index (χ0) is 10.6. The van der Waals surface area contributed by atoms with Gasteiger partial charge in [0.15, 0.2) is 0 Å². The van der Waals surface area contributed by atoms with Crippen molar-refractivity contribution in [2.75, 3.05) is 0 Å². The molecule has 0 saturated heterocycles. The normalized spacial score (nSPS) is 14.1. The van der Waals surface area contributed by atoms with E-state index in [1.165, 1.54) is 6.92 Å². The molecule has 0 fully saturated rings. The molecule has 1 unspecified atom stereocenters. The molecule has 74 valence electrons. The number of halogens is 1. The molecule has 0 bridgehead atoms. The molecule has 0 N–H and O–H groups in total. The number of carbonyl (C=O) groups is 1. The maximum absolute atomic E-state index is 13.8. The summed E-state index contributed by atoms with van der Waals surface area (Å²) in [6.07, 6.45) is 0.931. The van der Waals surface area contributed by atoms with E-state index in [4.69, 9.17) is 0 Å². The molecule has 0 aliphatic rings. The Morgan fingerprint density at radius 1 is 1.50 bits per heavy atom. The minimum Gasteiger partial charge on any atom is -0.421 e. The van der Waals surface area contributed by atoms with E-state index in [-0.39, 0.29) is 0 Å². The molecule has 1 aromatic rings. The summed E-state index contributed by atoms with van der Waals surface area (Å²) in [7, 11) is 0. The Bertz CT molecular complexity index is 330. The molecule has 3 heteroatoms. The third-order valence-electron chi connectivity index (χ3n) is 1.75. The first-order valence-corrected chi connectivity index (χ1v) is 4.16. The fourth-order valence-electron chi connectivity index (χ4n) is 1.03. The second-order valence-electron chi connectivity index (χ2n) is 2.91. The highest BCUT2D eigenvalue weighted by atomic mass is 19.2. The third kappa shape index (κ3) is 2.42. The van der Waals surface area contributed by atoms with Crippen LogP contribution in [0.3, 0.4) is 0 Å². The molecule has 2 nitrogen and oxygen atoms in total. The smallest absolute Gasteiger partial charge is 0.333 e. The van der Waals surface area contributed by atoms with Gasteiger partial charge >= 0.3 is 5.97 Å². The lowest BCUT2D eigenvalue weighted by molar-refractivity contribution is -0.174. The molecular formula is C11H11FO2. The highest BCUT2D eigenvalue weighted by Gasteiger charge is 2.29. The molecule has 0 aliphatic heterocycles. The Balaban J connectivity index is 2.85. The van der Waals surface area contributed by atoms with Crippen LogP contribution in [0.15, 0.2) is 43.0 Å². The Morgan fingerprint density at radius 3 is 2.57 bits per heavy atom. The minimum absolute atomic E-state index is 0.301. The van der Waals surface area contributed by atoms with Crippen LogP contribution in [0, 0.1) is 0 Å². The van der Waals surface area contributed by atoms with Crippen molar-refractivity contribution in [3.63, 3.8) is 0 Å². The second-order valence-corrected chi connectivity index (χ2v) is 2.91. The maximum Gasteiger partial charge on any atom is 0.333 e. The number of ether oxygens (including phenoxy) is 1. The van der Waals surface area contributed by atoms with Crippen molar-refractivity contribution < 1.29 is 13.9 Å². The van der Waals surface area contributed by atoms with Gasteiger partial charge in [0.25, 0.3) is 5.85 Å². The van der Waals surface area contributed by atoms with E-state index < -0.39 is 11.8 Å². The van der Waals surface area contributed by atoms with Crippen LogP contribution in [-0.4, -0.2) is 5.97 Å². The topological polar surface area (TPSA) is 26.3 Å². The predicted octanol–water partition coefficient (Wildman–Crippen LogP) is 2.56. The fourth-order valence-corrected chi connectivity index (χ4v) is 1.03. The van der Waals surface area contributed by atoms with Crippen molar-refractivity contribution in [1.82, 2.24) is 0 Å². The highest BCUT2D eigenvalue weighted by Crippen LogP contribution is 2.26. The lowest BCUT2D eigenvalue weighted by Crippen LogP contribution is -2.22. The standard InChI is InChI=1S/C11H11FO2/c1-3-10(13)14-11(2,12)9-7-5-4-6-8-9/h3-8H,1H2,2H3. The van der Waals surface area contributed by atoms with Gasteiger partial charge < -0.3 is 4.74 Å². The van der Waals surface area contributed by atoms with Gasteiger partial charge in [-0.05, 0) is 0 Å². The monoisotopic (exact) mass is 194 g/mol. The van der Waals surface area contributed by atoms with Crippen LogP contribution >= 0.6 is 0 Å². The SMILES string of the molecule is C=CC(=O)OC(C)(F)c1ccccc1. The average molecular weight is 194 g/mol. The molecule has 0 spiro atoms. The van der Waals surface area contributed by atoms with E-state index in [1.54, 1.807) is 30.3 Å².